The first-order valence-electron chi connectivity index (χ1n) is 6.53. The van der Waals surface area contributed by atoms with Crippen molar-refractivity contribution in [2.45, 2.75) is 25.3 Å². The molecule has 1 saturated heterocycles. The summed E-state index contributed by atoms with van der Waals surface area (Å²) in [6, 6.07) is 4.29. The van der Waals surface area contributed by atoms with Crippen molar-refractivity contribution in [1.82, 2.24) is 10.6 Å². The molecule has 0 aromatic heterocycles. The molecule has 1 amide bonds. The molecule has 1 aliphatic heterocycles. The van der Waals surface area contributed by atoms with E-state index in [4.69, 9.17) is 11.6 Å². The fourth-order valence-electron chi connectivity index (χ4n) is 2.26. The lowest BCUT2D eigenvalue weighted by molar-refractivity contribution is -0.384. The topological polar surface area (TPSA) is 84.3 Å². The molecule has 0 aliphatic carbocycles. The summed E-state index contributed by atoms with van der Waals surface area (Å²) < 4.78 is 0. The zero-order valence-electron chi connectivity index (χ0n) is 10.9. The summed E-state index contributed by atoms with van der Waals surface area (Å²) in [5.74, 6) is -0.378. The van der Waals surface area contributed by atoms with Gasteiger partial charge in [-0.25, -0.2) is 0 Å². The number of carbonyl (C=O) groups excluding carboxylic acids is 1. The number of amides is 1. The van der Waals surface area contributed by atoms with Gasteiger partial charge in [0, 0.05) is 24.7 Å². The highest BCUT2D eigenvalue weighted by Crippen LogP contribution is 2.21. The molecule has 2 rings (SSSR count). The Morgan fingerprint density at radius 1 is 1.55 bits per heavy atom. The van der Waals surface area contributed by atoms with Crippen molar-refractivity contribution in [2.24, 2.45) is 0 Å². The zero-order valence-corrected chi connectivity index (χ0v) is 11.7. The van der Waals surface area contributed by atoms with E-state index in [9.17, 15) is 14.9 Å². The molecule has 7 heteroatoms. The maximum absolute atomic E-state index is 12.0. The highest BCUT2D eigenvalue weighted by atomic mass is 35.5. The molecule has 6 nitrogen and oxygen atoms in total. The molecule has 108 valence electrons. The quantitative estimate of drug-likeness (QED) is 0.644. The summed E-state index contributed by atoms with van der Waals surface area (Å²) in [6.45, 7) is 1.55. The van der Waals surface area contributed by atoms with E-state index in [1.165, 1.54) is 18.2 Å². The van der Waals surface area contributed by atoms with E-state index < -0.39 is 4.92 Å². The number of benzene rings is 1. The Labute approximate surface area is 121 Å². The van der Waals surface area contributed by atoms with Gasteiger partial charge in [0.25, 0.3) is 11.6 Å². The molecule has 1 fully saturated rings. The van der Waals surface area contributed by atoms with E-state index in [-0.39, 0.29) is 22.2 Å². The van der Waals surface area contributed by atoms with Crippen molar-refractivity contribution < 1.29 is 9.72 Å². The van der Waals surface area contributed by atoms with Gasteiger partial charge in [-0.05, 0) is 31.9 Å². The third kappa shape index (κ3) is 3.68. The molecule has 1 aromatic carbocycles. The molecule has 2 N–H and O–H groups in total. The van der Waals surface area contributed by atoms with Gasteiger partial charge in [0.15, 0.2) is 0 Å². The van der Waals surface area contributed by atoms with Gasteiger partial charge >= 0.3 is 0 Å². The molecule has 1 unspecified atom stereocenters. The van der Waals surface area contributed by atoms with Gasteiger partial charge in [-0.3, -0.25) is 14.9 Å². The Morgan fingerprint density at radius 3 is 3.00 bits per heavy atom. The molecule has 1 atom stereocenters. The van der Waals surface area contributed by atoms with Crippen LogP contribution in [0.25, 0.3) is 0 Å². The smallest absolute Gasteiger partial charge is 0.270 e. The van der Waals surface area contributed by atoms with Crippen molar-refractivity contribution in [3.63, 3.8) is 0 Å². The minimum atomic E-state index is -0.546. The minimum absolute atomic E-state index is 0.139. The van der Waals surface area contributed by atoms with Gasteiger partial charge in [0.2, 0.25) is 0 Å². The van der Waals surface area contributed by atoms with Crippen LogP contribution in [0.2, 0.25) is 5.02 Å². The highest BCUT2D eigenvalue weighted by molar-refractivity contribution is 6.33. The average molecular weight is 298 g/mol. The summed E-state index contributed by atoms with van der Waals surface area (Å²) in [5, 5.41) is 17.0. The van der Waals surface area contributed by atoms with E-state index in [1.807, 2.05) is 0 Å². The first-order chi connectivity index (χ1) is 9.58. The number of nitro benzene ring substituents is 1. The van der Waals surface area contributed by atoms with Gasteiger partial charge in [-0.2, -0.15) is 0 Å². The van der Waals surface area contributed by atoms with Gasteiger partial charge < -0.3 is 10.6 Å². The molecule has 1 aromatic rings. The number of nitrogens with one attached hydrogen (secondary N) is 2. The predicted octanol–water partition coefficient (Wildman–Crippen LogP) is 2.12. The minimum Gasteiger partial charge on any atom is -0.352 e. The van der Waals surface area contributed by atoms with E-state index >= 15 is 0 Å². The third-order valence-electron chi connectivity index (χ3n) is 3.35. The second-order valence-electron chi connectivity index (χ2n) is 4.76. The molecular formula is C13H16ClN3O3. The van der Waals surface area contributed by atoms with Crippen LogP contribution in [0.3, 0.4) is 0 Å². The number of halogens is 1. The van der Waals surface area contributed by atoms with Crippen LogP contribution < -0.4 is 10.6 Å². The summed E-state index contributed by atoms with van der Waals surface area (Å²) in [6.07, 6.45) is 3.13. The average Bonchev–Trinajstić information content (AvgIpc) is 2.92. The fourth-order valence-corrected chi connectivity index (χ4v) is 2.46. The summed E-state index contributed by atoms with van der Waals surface area (Å²) in [7, 11) is 0. The van der Waals surface area contributed by atoms with E-state index in [2.05, 4.69) is 10.6 Å². The maximum Gasteiger partial charge on any atom is 0.270 e. The molecule has 20 heavy (non-hydrogen) atoms. The van der Waals surface area contributed by atoms with Crippen LogP contribution in [0.15, 0.2) is 18.2 Å². The number of nitrogens with zero attached hydrogens (tertiary/aromatic N) is 1. The molecule has 0 bridgehead atoms. The number of non-ortho nitro benzene ring substituents is 1. The zero-order chi connectivity index (χ0) is 14.5. The molecular weight excluding hydrogens is 282 g/mol. The van der Waals surface area contributed by atoms with Crippen LogP contribution in [0.1, 0.15) is 29.6 Å². The number of carbonyl (C=O) groups is 1. The van der Waals surface area contributed by atoms with Crippen molar-refractivity contribution in [1.29, 1.82) is 0 Å². The molecule has 0 radical (unpaired) electrons. The molecule has 1 heterocycles. The monoisotopic (exact) mass is 297 g/mol. The molecule has 0 spiro atoms. The SMILES string of the molecule is O=C(NCCC1CCCN1)c1cc([N+](=O)[O-])ccc1Cl. The first-order valence-corrected chi connectivity index (χ1v) is 6.91. The van der Waals surface area contributed by atoms with E-state index in [0.717, 1.165) is 25.8 Å². The van der Waals surface area contributed by atoms with Gasteiger partial charge in [-0.15, -0.1) is 0 Å². The second-order valence-corrected chi connectivity index (χ2v) is 5.17. The van der Waals surface area contributed by atoms with Crippen LogP contribution in [0.4, 0.5) is 5.69 Å². The van der Waals surface area contributed by atoms with E-state index in [1.54, 1.807) is 0 Å². The second kappa shape index (κ2) is 6.67. The third-order valence-corrected chi connectivity index (χ3v) is 3.68. The van der Waals surface area contributed by atoms with Crippen molar-refractivity contribution in [3.05, 3.63) is 38.9 Å². The summed E-state index contributed by atoms with van der Waals surface area (Å²) in [5.41, 5.74) is -0.00254. The Morgan fingerprint density at radius 2 is 2.35 bits per heavy atom. The van der Waals surface area contributed by atoms with Crippen LogP contribution in [-0.2, 0) is 0 Å². The van der Waals surface area contributed by atoms with Crippen molar-refractivity contribution in [3.8, 4) is 0 Å². The van der Waals surface area contributed by atoms with Crippen LogP contribution in [0, 0.1) is 10.1 Å². The lowest BCUT2D eigenvalue weighted by Gasteiger charge is -2.11. The Hall–Kier alpha value is -1.66. The number of nitro groups is 1. The van der Waals surface area contributed by atoms with Crippen molar-refractivity contribution >= 4 is 23.2 Å². The first kappa shape index (κ1) is 14.7. The lowest BCUT2D eigenvalue weighted by atomic mass is 10.1. The Balaban J connectivity index is 1.94. The largest absolute Gasteiger partial charge is 0.352 e. The number of hydrogen-bond donors (Lipinski definition) is 2. The number of hydrogen-bond acceptors (Lipinski definition) is 4. The van der Waals surface area contributed by atoms with Crippen LogP contribution in [-0.4, -0.2) is 30.0 Å². The van der Waals surface area contributed by atoms with Gasteiger partial charge in [-0.1, -0.05) is 11.6 Å². The van der Waals surface area contributed by atoms with Gasteiger partial charge in [0.05, 0.1) is 15.5 Å². The van der Waals surface area contributed by atoms with Crippen LogP contribution in [0.5, 0.6) is 0 Å². The lowest BCUT2D eigenvalue weighted by Crippen LogP contribution is -2.30. The molecule has 0 saturated carbocycles. The van der Waals surface area contributed by atoms with Gasteiger partial charge in [0.1, 0.15) is 0 Å². The van der Waals surface area contributed by atoms with Crippen LogP contribution >= 0.6 is 11.6 Å². The standard InChI is InChI=1S/C13H16ClN3O3/c14-12-4-3-10(17(19)20)8-11(12)13(18)16-7-5-9-2-1-6-15-9/h3-4,8-9,15H,1-2,5-7H2,(H,16,18). The predicted molar refractivity (Wildman–Crippen MR) is 76.1 cm³/mol. The summed E-state index contributed by atoms with van der Waals surface area (Å²) in [4.78, 5) is 22.1. The van der Waals surface area contributed by atoms with E-state index in [0.29, 0.717) is 12.6 Å². The number of rotatable bonds is 5. The molecule has 1 aliphatic rings. The Bertz CT molecular complexity index is 516. The highest BCUT2D eigenvalue weighted by Gasteiger charge is 2.17. The summed E-state index contributed by atoms with van der Waals surface area (Å²) >= 11 is 5.91. The fraction of sp³-hybridized carbons (Fsp3) is 0.462. The maximum atomic E-state index is 12.0. The van der Waals surface area contributed by atoms with Crippen molar-refractivity contribution in [2.75, 3.05) is 13.1 Å². The Kier molecular flexibility index (Phi) is 4.92. The normalized spacial score (nSPS) is 17.9.